The molecule has 2 aliphatic rings. The van der Waals surface area contributed by atoms with Crippen LogP contribution in [0, 0.1) is 0 Å². The van der Waals surface area contributed by atoms with Crippen LogP contribution in [0.25, 0.3) is 11.8 Å². The van der Waals surface area contributed by atoms with Gasteiger partial charge in [0.2, 0.25) is 11.8 Å². The van der Waals surface area contributed by atoms with Crippen molar-refractivity contribution in [2.24, 2.45) is 0 Å². The minimum Gasteiger partial charge on any atom is -0.295 e. The number of hydrogen-bond acceptors (Lipinski definition) is 3. The Balaban J connectivity index is 0.000000791. The third-order valence-electron chi connectivity index (χ3n) is 4.09. The molecule has 0 spiro atoms. The molecule has 1 saturated heterocycles. The zero-order valence-corrected chi connectivity index (χ0v) is 16.3. The molecule has 0 bridgehead atoms. The normalized spacial score (nSPS) is 19.0. The van der Waals surface area contributed by atoms with Gasteiger partial charge in [0.05, 0.1) is 5.70 Å². The second kappa shape index (κ2) is 9.70. The molecule has 5 nitrogen and oxygen atoms in total. The summed E-state index contributed by atoms with van der Waals surface area (Å²) in [5.41, 5.74) is 1.19. The predicted molar refractivity (Wildman–Crippen MR) is 104 cm³/mol. The van der Waals surface area contributed by atoms with E-state index in [9.17, 15) is 14.4 Å². The SMILES string of the molecule is C=CC1=c2c(ccc/c2=C/C)C(=O)N1C1CCC(=O)NC1=O.CC.CC. The van der Waals surface area contributed by atoms with Gasteiger partial charge in [0.1, 0.15) is 6.04 Å². The highest BCUT2D eigenvalue weighted by molar-refractivity contribution is 6.09. The van der Waals surface area contributed by atoms with Crippen LogP contribution in [-0.4, -0.2) is 28.7 Å². The lowest BCUT2D eigenvalue weighted by atomic mass is 10.0. The van der Waals surface area contributed by atoms with Crippen LogP contribution in [0.3, 0.4) is 0 Å². The van der Waals surface area contributed by atoms with Crippen LogP contribution >= 0.6 is 0 Å². The van der Waals surface area contributed by atoms with Gasteiger partial charge in [-0.25, -0.2) is 0 Å². The minimum atomic E-state index is -0.671. The number of nitrogens with zero attached hydrogens (tertiary/aromatic N) is 1. The fourth-order valence-corrected chi connectivity index (χ4v) is 3.07. The number of carbonyl (C=O) groups is 3. The molecule has 0 aromatic heterocycles. The molecular weight excluding hydrogens is 328 g/mol. The Morgan fingerprint density at radius 2 is 1.81 bits per heavy atom. The third kappa shape index (κ3) is 3.77. The van der Waals surface area contributed by atoms with Crippen molar-refractivity contribution in [3.63, 3.8) is 0 Å². The van der Waals surface area contributed by atoms with E-state index in [4.69, 9.17) is 0 Å². The van der Waals surface area contributed by atoms with E-state index in [1.54, 1.807) is 12.1 Å². The summed E-state index contributed by atoms with van der Waals surface area (Å²) >= 11 is 0. The first-order chi connectivity index (χ1) is 12.6. The highest BCUT2D eigenvalue weighted by atomic mass is 16.2. The molecule has 0 saturated carbocycles. The molecule has 1 fully saturated rings. The minimum absolute atomic E-state index is 0.219. The lowest BCUT2D eigenvalue weighted by molar-refractivity contribution is -0.136. The number of rotatable bonds is 2. The Bertz CT molecular complexity index is 824. The maximum Gasteiger partial charge on any atom is 0.259 e. The Morgan fingerprint density at radius 3 is 2.35 bits per heavy atom. The van der Waals surface area contributed by atoms with Crippen molar-refractivity contribution in [2.45, 2.75) is 53.5 Å². The van der Waals surface area contributed by atoms with Gasteiger partial charge in [-0.05, 0) is 30.7 Å². The first-order valence-corrected chi connectivity index (χ1v) is 9.18. The summed E-state index contributed by atoms with van der Waals surface area (Å²) in [6, 6.07) is 4.82. The van der Waals surface area contributed by atoms with Crippen molar-refractivity contribution >= 4 is 29.5 Å². The van der Waals surface area contributed by atoms with Gasteiger partial charge in [-0.1, -0.05) is 52.5 Å². The lowest BCUT2D eigenvalue weighted by Crippen LogP contribution is -2.52. The van der Waals surface area contributed by atoms with Crippen molar-refractivity contribution in [3.05, 3.63) is 46.9 Å². The van der Waals surface area contributed by atoms with Gasteiger partial charge >= 0.3 is 0 Å². The number of benzene rings is 1. The van der Waals surface area contributed by atoms with E-state index in [2.05, 4.69) is 11.9 Å². The fraction of sp³-hybridized carbons (Fsp3) is 0.381. The number of piperidine rings is 1. The molecule has 3 rings (SSSR count). The van der Waals surface area contributed by atoms with E-state index in [1.165, 1.54) is 4.90 Å². The second-order valence-electron chi connectivity index (χ2n) is 5.29. The molecule has 1 N–H and O–H groups in total. The Morgan fingerprint density at radius 1 is 1.15 bits per heavy atom. The van der Waals surface area contributed by atoms with Crippen LogP contribution in [-0.2, 0) is 9.59 Å². The highest BCUT2D eigenvalue weighted by Crippen LogP contribution is 2.24. The van der Waals surface area contributed by atoms with E-state index in [0.717, 1.165) is 10.4 Å². The third-order valence-corrected chi connectivity index (χ3v) is 4.09. The Kier molecular flexibility index (Phi) is 7.97. The van der Waals surface area contributed by atoms with E-state index < -0.39 is 11.9 Å². The lowest BCUT2D eigenvalue weighted by Gasteiger charge is -2.30. The number of carbonyl (C=O) groups excluding carboxylic acids is 3. The summed E-state index contributed by atoms with van der Waals surface area (Å²) in [5, 5.41) is 4.03. The molecular formula is C21H28N2O3. The first-order valence-electron chi connectivity index (χ1n) is 9.18. The molecule has 0 aliphatic carbocycles. The zero-order chi connectivity index (χ0) is 19.9. The van der Waals surface area contributed by atoms with Gasteiger partial charge in [-0.2, -0.15) is 0 Å². The van der Waals surface area contributed by atoms with E-state index >= 15 is 0 Å². The molecule has 2 heterocycles. The van der Waals surface area contributed by atoms with Gasteiger partial charge in [-0.15, -0.1) is 0 Å². The number of amides is 3. The number of fused-ring (bicyclic) bond motifs is 1. The van der Waals surface area contributed by atoms with Gasteiger partial charge < -0.3 is 0 Å². The molecule has 140 valence electrons. The summed E-state index contributed by atoms with van der Waals surface area (Å²) in [5.74, 6) is -0.949. The molecule has 0 radical (unpaired) electrons. The summed E-state index contributed by atoms with van der Waals surface area (Å²) in [6.07, 6.45) is 4.07. The van der Waals surface area contributed by atoms with Crippen LogP contribution in [0.5, 0.6) is 0 Å². The van der Waals surface area contributed by atoms with Crippen LogP contribution in [0.4, 0.5) is 0 Å². The molecule has 3 amide bonds. The molecule has 26 heavy (non-hydrogen) atoms. The van der Waals surface area contributed by atoms with E-state index in [-0.39, 0.29) is 18.2 Å². The largest absolute Gasteiger partial charge is 0.295 e. The quantitative estimate of drug-likeness (QED) is 0.825. The van der Waals surface area contributed by atoms with Crippen molar-refractivity contribution in [1.29, 1.82) is 0 Å². The van der Waals surface area contributed by atoms with E-state index in [0.29, 0.717) is 17.7 Å². The van der Waals surface area contributed by atoms with Crippen LogP contribution in [0.1, 0.15) is 57.8 Å². The highest BCUT2D eigenvalue weighted by Gasteiger charge is 2.39. The summed E-state index contributed by atoms with van der Waals surface area (Å²) in [7, 11) is 0. The predicted octanol–water partition coefficient (Wildman–Crippen LogP) is 2.09. The molecule has 1 unspecified atom stereocenters. The monoisotopic (exact) mass is 356 g/mol. The average molecular weight is 356 g/mol. The van der Waals surface area contributed by atoms with Gasteiger partial charge in [-0.3, -0.25) is 24.6 Å². The summed E-state index contributed by atoms with van der Waals surface area (Å²) in [6.45, 7) is 13.7. The Labute approximate surface area is 155 Å². The second-order valence-corrected chi connectivity index (χ2v) is 5.29. The van der Waals surface area contributed by atoms with Gasteiger partial charge in [0.25, 0.3) is 5.91 Å². The van der Waals surface area contributed by atoms with E-state index in [1.807, 2.05) is 52.8 Å². The number of hydrogen-bond donors (Lipinski definition) is 1. The van der Waals surface area contributed by atoms with Crippen molar-refractivity contribution < 1.29 is 14.4 Å². The zero-order valence-electron chi connectivity index (χ0n) is 16.3. The first kappa shape index (κ1) is 21.4. The smallest absolute Gasteiger partial charge is 0.259 e. The van der Waals surface area contributed by atoms with Crippen LogP contribution < -0.4 is 15.8 Å². The topological polar surface area (TPSA) is 66.5 Å². The summed E-state index contributed by atoms with van der Waals surface area (Å²) < 4.78 is 0. The van der Waals surface area contributed by atoms with Crippen LogP contribution in [0.15, 0.2) is 30.9 Å². The average Bonchev–Trinajstić information content (AvgIpc) is 2.97. The molecule has 1 atom stereocenters. The van der Waals surface area contributed by atoms with Gasteiger partial charge in [0.15, 0.2) is 0 Å². The summed E-state index contributed by atoms with van der Waals surface area (Å²) in [4.78, 5) is 37.6. The van der Waals surface area contributed by atoms with Crippen LogP contribution in [0.2, 0.25) is 0 Å². The van der Waals surface area contributed by atoms with Crippen molar-refractivity contribution in [2.75, 3.05) is 0 Å². The van der Waals surface area contributed by atoms with Crippen molar-refractivity contribution in [1.82, 2.24) is 10.2 Å². The molecule has 2 aliphatic heterocycles. The fourth-order valence-electron chi connectivity index (χ4n) is 3.07. The maximum absolute atomic E-state index is 12.7. The molecule has 1 aromatic rings. The maximum atomic E-state index is 12.7. The molecule has 1 aromatic carbocycles. The number of nitrogens with one attached hydrogen (secondary N) is 1. The number of imide groups is 1. The Hall–Kier alpha value is -2.69. The molecule has 5 heteroatoms. The van der Waals surface area contributed by atoms with Crippen molar-refractivity contribution in [3.8, 4) is 0 Å². The standard InChI is InChI=1S/C17H16N2O3.2C2H6/c1-3-10-6-5-7-11-15(10)12(4-2)19(17(11)22)13-8-9-14(20)18-16(13)21;2*1-2/h3-7,13H,2,8-9H2,1H3,(H,18,20,21);2*1-2H3/b10-3-;;. The van der Waals surface area contributed by atoms with Gasteiger partial charge in [0, 0.05) is 17.2 Å².